The first-order chi connectivity index (χ1) is 11.0. The fourth-order valence-corrected chi connectivity index (χ4v) is 2.62. The van der Waals surface area contributed by atoms with Crippen LogP contribution in [-0.4, -0.2) is 40.6 Å². The molecule has 1 aromatic carbocycles. The van der Waals surface area contributed by atoms with Gasteiger partial charge in [-0.15, -0.1) is 0 Å². The van der Waals surface area contributed by atoms with E-state index in [-0.39, 0.29) is 24.2 Å². The summed E-state index contributed by atoms with van der Waals surface area (Å²) in [6, 6.07) is 4.57. The Morgan fingerprint density at radius 1 is 1.48 bits per heavy atom. The Balaban J connectivity index is 1.56. The number of aryl methyl sites for hydroxylation is 2. The topological polar surface area (TPSA) is 68.5 Å². The predicted octanol–water partition coefficient (Wildman–Crippen LogP) is 2.22. The molecule has 0 N–H and O–H groups in total. The van der Waals surface area contributed by atoms with Crippen molar-refractivity contribution in [1.82, 2.24) is 15.0 Å². The highest BCUT2D eigenvalue weighted by Crippen LogP contribution is 2.26. The van der Waals surface area contributed by atoms with Gasteiger partial charge in [-0.1, -0.05) is 11.2 Å². The second-order valence-corrected chi connectivity index (χ2v) is 5.73. The van der Waals surface area contributed by atoms with Gasteiger partial charge in [-0.05, 0) is 38.0 Å². The summed E-state index contributed by atoms with van der Waals surface area (Å²) in [6.45, 7) is 4.53. The Bertz CT molecular complexity index is 716. The van der Waals surface area contributed by atoms with E-state index in [1.807, 2.05) is 6.92 Å². The first-order valence-electron chi connectivity index (χ1n) is 7.50. The quantitative estimate of drug-likeness (QED) is 0.864. The Morgan fingerprint density at radius 2 is 2.30 bits per heavy atom. The molecule has 1 atom stereocenters. The first kappa shape index (κ1) is 15.5. The van der Waals surface area contributed by atoms with Gasteiger partial charge in [0.2, 0.25) is 5.89 Å². The Hall–Kier alpha value is -2.44. The number of hydrogen-bond acceptors (Lipinski definition) is 5. The molecule has 1 unspecified atom stereocenters. The average Bonchev–Trinajstić information content (AvgIpc) is 3.16. The number of benzene rings is 1. The van der Waals surface area contributed by atoms with Crippen molar-refractivity contribution in [2.75, 3.05) is 19.7 Å². The maximum Gasteiger partial charge on any atom is 0.260 e. The molecule has 0 saturated carbocycles. The number of amides is 1. The third kappa shape index (κ3) is 3.49. The van der Waals surface area contributed by atoms with Gasteiger partial charge >= 0.3 is 0 Å². The summed E-state index contributed by atoms with van der Waals surface area (Å²) in [5.41, 5.74) is 0.877. The Morgan fingerprint density at radius 3 is 3.04 bits per heavy atom. The van der Waals surface area contributed by atoms with Crippen LogP contribution in [0.1, 0.15) is 29.6 Å². The molecule has 1 aliphatic heterocycles. The van der Waals surface area contributed by atoms with Crippen molar-refractivity contribution < 1.29 is 18.4 Å². The molecule has 3 rings (SSSR count). The molecule has 122 valence electrons. The number of carbonyl (C=O) groups excluding carboxylic acids is 1. The van der Waals surface area contributed by atoms with Crippen LogP contribution in [0.15, 0.2) is 22.7 Å². The molecule has 1 saturated heterocycles. The van der Waals surface area contributed by atoms with Gasteiger partial charge in [0, 0.05) is 13.1 Å². The normalized spacial score (nSPS) is 17.5. The SMILES string of the molecule is Cc1ccc(F)c(OCC(=O)N2CCC(c3nc(C)no3)C2)c1. The lowest BCUT2D eigenvalue weighted by Crippen LogP contribution is -2.33. The van der Waals surface area contributed by atoms with Gasteiger partial charge in [-0.2, -0.15) is 4.98 Å². The molecule has 2 aromatic rings. The molecule has 1 aromatic heterocycles. The van der Waals surface area contributed by atoms with Crippen LogP contribution < -0.4 is 4.74 Å². The van der Waals surface area contributed by atoms with Crippen LogP contribution in [0.2, 0.25) is 0 Å². The molecule has 7 heteroatoms. The zero-order valence-electron chi connectivity index (χ0n) is 13.1. The molecule has 0 bridgehead atoms. The van der Waals surface area contributed by atoms with E-state index >= 15 is 0 Å². The zero-order chi connectivity index (χ0) is 16.4. The molecule has 23 heavy (non-hydrogen) atoms. The lowest BCUT2D eigenvalue weighted by Gasteiger charge is -2.16. The molecular weight excluding hydrogens is 301 g/mol. The van der Waals surface area contributed by atoms with E-state index in [1.165, 1.54) is 6.07 Å². The Kier molecular flexibility index (Phi) is 4.27. The van der Waals surface area contributed by atoms with Crippen LogP contribution in [0.25, 0.3) is 0 Å². The fourth-order valence-electron chi connectivity index (χ4n) is 2.62. The summed E-state index contributed by atoms with van der Waals surface area (Å²) in [5, 5.41) is 3.77. The van der Waals surface area contributed by atoms with Crippen molar-refractivity contribution in [1.29, 1.82) is 0 Å². The monoisotopic (exact) mass is 319 g/mol. The van der Waals surface area contributed by atoms with Crippen molar-refractivity contribution in [2.45, 2.75) is 26.2 Å². The third-order valence-corrected chi connectivity index (χ3v) is 3.87. The minimum absolute atomic E-state index is 0.0517. The molecular formula is C16H18FN3O3. The number of halogens is 1. The van der Waals surface area contributed by atoms with Gasteiger partial charge in [0.25, 0.3) is 5.91 Å². The first-order valence-corrected chi connectivity index (χ1v) is 7.50. The molecule has 2 heterocycles. The van der Waals surface area contributed by atoms with Crippen molar-refractivity contribution in [3.8, 4) is 5.75 Å². The highest BCUT2D eigenvalue weighted by Gasteiger charge is 2.31. The zero-order valence-corrected chi connectivity index (χ0v) is 13.1. The smallest absolute Gasteiger partial charge is 0.260 e. The molecule has 6 nitrogen and oxygen atoms in total. The fraction of sp³-hybridized carbons (Fsp3) is 0.438. The van der Waals surface area contributed by atoms with Crippen LogP contribution in [0, 0.1) is 19.7 Å². The summed E-state index contributed by atoms with van der Waals surface area (Å²) < 4.78 is 24.1. The molecule has 0 radical (unpaired) electrons. The van der Waals surface area contributed by atoms with Crippen LogP contribution in [0.3, 0.4) is 0 Å². The van der Waals surface area contributed by atoms with Crippen LogP contribution in [-0.2, 0) is 4.79 Å². The maximum atomic E-state index is 13.6. The number of aromatic nitrogens is 2. The van der Waals surface area contributed by atoms with Gasteiger partial charge in [0.05, 0.1) is 5.92 Å². The summed E-state index contributed by atoms with van der Waals surface area (Å²) in [6.07, 6.45) is 0.770. The van der Waals surface area contributed by atoms with Crippen LogP contribution in [0.4, 0.5) is 4.39 Å². The second kappa shape index (κ2) is 6.36. The minimum Gasteiger partial charge on any atom is -0.481 e. The van der Waals surface area contributed by atoms with E-state index in [0.717, 1.165) is 12.0 Å². The van der Waals surface area contributed by atoms with Gasteiger partial charge < -0.3 is 14.2 Å². The van der Waals surface area contributed by atoms with E-state index in [9.17, 15) is 9.18 Å². The van der Waals surface area contributed by atoms with Crippen molar-refractivity contribution in [3.63, 3.8) is 0 Å². The van der Waals surface area contributed by atoms with Crippen molar-refractivity contribution >= 4 is 5.91 Å². The summed E-state index contributed by atoms with van der Waals surface area (Å²) >= 11 is 0. The van der Waals surface area contributed by atoms with E-state index in [0.29, 0.717) is 24.8 Å². The van der Waals surface area contributed by atoms with Gasteiger partial charge in [0.15, 0.2) is 24.0 Å². The van der Waals surface area contributed by atoms with Crippen molar-refractivity contribution in [3.05, 3.63) is 41.3 Å². The molecule has 1 aliphatic rings. The Labute approximate surface area is 133 Å². The lowest BCUT2D eigenvalue weighted by molar-refractivity contribution is -0.132. The molecule has 1 amide bonds. The number of likely N-dealkylation sites (tertiary alicyclic amines) is 1. The molecule has 0 aliphatic carbocycles. The minimum atomic E-state index is -0.468. The summed E-state index contributed by atoms with van der Waals surface area (Å²) in [5.74, 6) is 0.651. The molecule has 1 fully saturated rings. The average molecular weight is 319 g/mol. The lowest BCUT2D eigenvalue weighted by atomic mass is 10.1. The number of rotatable bonds is 4. The molecule has 0 spiro atoms. The van der Waals surface area contributed by atoms with Gasteiger partial charge in [0.1, 0.15) is 0 Å². The second-order valence-electron chi connectivity index (χ2n) is 5.73. The predicted molar refractivity (Wildman–Crippen MR) is 79.6 cm³/mol. The van der Waals surface area contributed by atoms with Gasteiger partial charge in [-0.25, -0.2) is 4.39 Å². The maximum absolute atomic E-state index is 13.6. The number of ether oxygens (including phenoxy) is 1. The summed E-state index contributed by atoms with van der Waals surface area (Å²) in [4.78, 5) is 18.1. The number of hydrogen-bond donors (Lipinski definition) is 0. The van der Waals surface area contributed by atoms with Crippen LogP contribution in [0.5, 0.6) is 5.75 Å². The van der Waals surface area contributed by atoms with E-state index in [2.05, 4.69) is 10.1 Å². The summed E-state index contributed by atoms with van der Waals surface area (Å²) in [7, 11) is 0. The van der Waals surface area contributed by atoms with Crippen molar-refractivity contribution in [2.24, 2.45) is 0 Å². The largest absolute Gasteiger partial charge is 0.481 e. The third-order valence-electron chi connectivity index (χ3n) is 3.87. The van der Waals surface area contributed by atoms with Crippen LogP contribution >= 0.6 is 0 Å². The van der Waals surface area contributed by atoms with E-state index in [1.54, 1.807) is 24.0 Å². The van der Waals surface area contributed by atoms with Gasteiger partial charge in [-0.3, -0.25) is 4.79 Å². The highest BCUT2D eigenvalue weighted by molar-refractivity contribution is 5.78. The standard InChI is InChI=1S/C16H18FN3O3/c1-10-3-4-13(17)14(7-10)22-9-15(21)20-6-5-12(8-20)16-18-11(2)19-23-16/h3-4,7,12H,5-6,8-9H2,1-2H3. The number of nitrogens with zero attached hydrogens (tertiary/aromatic N) is 3. The van der Waals surface area contributed by atoms with E-state index < -0.39 is 5.82 Å². The van der Waals surface area contributed by atoms with E-state index in [4.69, 9.17) is 9.26 Å². The highest BCUT2D eigenvalue weighted by atomic mass is 19.1. The number of carbonyl (C=O) groups is 1.